The van der Waals surface area contributed by atoms with Gasteiger partial charge in [0, 0.05) is 26.6 Å². The molecule has 0 aliphatic carbocycles. The largest absolute Gasteiger partial charge is 0.481 e. The van der Waals surface area contributed by atoms with Crippen LogP contribution in [0.25, 0.3) is 0 Å². The summed E-state index contributed by atoms with van der Waals surface area (Å²) in [6, 6.07) is 4.49. The number of halogens is 1. The van der Waals surface area contributed by atoms with E-state index in [0.29, 0.717) is 10.6 Å². The van der Waals surface area contributed by atoms with Crippen molar-refractivity contribution in [3.8, 4) is 0 Å². The van der Waals surface area contributed by atoms with Crippen LogP contribution in [-0.4, -0.2) is 26.4 Å². The number of carbonyl (C=O) groups excluding carboxylic acids is 1. The molecular formula is C12H14ClNO4S. The number of carboxylic acids is 1. The van der Waals surface area contributed by atoms with Crippen molar-refractivity contribution >= 4 is 34.3 Å². The third kappa shape index (κ3) is 4.65. The predicted octanol–water partition coefficient (Wildman–Crippen LogP) is 1.55. The molecule has 2 atom stereocenters. The second-order valence-corrected chi connectivity index (χ2v) is 6.37. The van der Waals surface area contributed by atoms with Crippen molar-refractivity contribution in [1.29, 1.82) is 0 Å². The second kappa shape index (κ2) is 6.68. The molecule has 19 heavy (non-hydrogen) atoms. The Bertz CT molecular complexity index is 532. The predicted molar refractivity (Wildman–Crippen MR) is 73.5 cm³/mol. The molecular weight excluding hydrogens is 290 g/mol. The maximum Gasteiger partial charge on any atom is 0.304 e. The first kappa shape index (κ1) is 15.7. The lowest BCUT2D eigenvalue weighted by molar-refractivity contribution is -0.136. The van der Waals surface area contributed by atoms with Gasteiger partial charge in [-0.25, -0.2) is 0 Å². The van der Waals surface area contributed by atoms with Gasteiger partial charge in [0.15, 0.2) is 0 Å². The quantitative estimate of drug-likeness (QED) is 0.833. The maximum absolute atomic E-state index is 11.9. The molecule has 0 saturated carbocycles. The van der Waals surface area contributed by atoms with Crippen LogP contribution in [0.4, 0.5) is 0 Å². The minimum Gasteiger partial charge on any atom is -0.481 e. The zero-order chi connectivity index (χ0) is 14.6. The van der Waals surface area contributed by atoms with E-state index in [1.807, 2.05) is 0 Å². The Morgan fingerprint density at radius 2 is 2.11 bits per heavy atom. The fourth-order valence-corrected chi connectivity index (χ4v) is 2.95. The van der Waals surface area contributed by atoms with Gasteiger partial charge < -0.3 is 10.8 Å². The van der Waals surface area contributed by atoms with Gasteiger partial charge in [0.2, 0.25) is 5.91 Å². The van der Waals surface area contributed by atoms with Gasteiger partial charge in [-0.3, -0.25) is 13.8 Å². The van der Waals surface area contributed by atoms with Crippen molar-refractivity contribution in [1.82, 2.24) is 0 Å². The van der Waals surface area contributed by atoms with Gasteiger partial charge >= 0.3 is 5.97 Å². The Morgan fingerprint density at radius 1 is 1.47 bits per heavy atom. The smallest absolute Gasteiger partial charge is 0.304 e. The second-order valence-electron chi connectivity index (χ2n) is 4.10. The van der Waals surface area contributed by atoms with Crippen molar-refractivity contribution in [2.45, 2.75) is 24.3 Å². The van der Waals surface area contributed by atoms with Gasteiger partial charge in [-0.05, 0) is 17.7 Å². The molecule has 0 heterocycles. The number of hydrogen-bond acceptors (Lipinski definition) is 3. The van der Waals surface area contributed by atoms with E-state index in [4.69, 9.17) is 22.4 Å². The number of carbonyl (C=O) groups is 2. The molecule has 0 fully saturated rings. The number of carboxylic acid groups (broad SMARTS) is 1. The highest BCUT2D eigenvalue weighted by Gasteiger charge is 2.17. The van der Waals surface area contributed by atoms with E-state index in [1.54, 1.807) is 13.0 Å². The third-order valence-electron chi connectivity index (χ3n) is 2.55. The number of rotatable bonds is 6. The Hall–Kier alpha value is -1.40. The van der Waals surface area contributed by atoms with Crippen LogP contribution < -0.4 is 5.73 Å². The van der Waals surface area contributed by atoms with Crippen LogP contribution in [0.5, 0.6) is 0 Å². The summed E-state index contributed by atoms with van der Waals surface area (Å²) in [4.78, 5) is 21.5. The monoisotopic (exact) mass is 303 g/mol. The SMILES string of the molecule is CC(CC(=O)O)S(=O)Cc1ccc(C(N)=O)cc1Cl. The van der Waals surface area contributed by atoms with Crippen LogP contribution in [-0.2, 0) is 21.3 Å². The molecule has 104 valence electrons. The van der Waals surface area contributed by atoms with Gasteiger partial charge in [0.1, 0.15) is 0 Å². The first-order valence-corrected chi connectivity index (χ1v) is 7.24. The van der Waals surface area contributed by atoms with Crippen LogP contribution >= 0.6 is 11.6 Å². The standard InChI is InChI=1S/C12H14ClNO4S/c1-7(4-11(15)16)19(18)6-9-3-2-8(12(14)17)5-10(9)13/h2-3,5,7H,4,6H2,1H3,(H2,14,17)(H,15,16). The van der Waals surface area contributed by atoms with E-state index in [9.17, 15) is 13.8 Å². The number of primary amides is 1. The molecule has 1 amide bonds. The molecule has 0 spiro atoms. The Kier molecular flexibility index (Phi) is 5.50. The van der Waals surface area contributed by atoms with E-state index < -0.39 is 27.9 Å². The van der Waals surface area contributed by atoms with Crippen LogP contribution in [0.3, 0.4) is 0 Å². The highest BCUT2D eigenvalue weighted by Crippen LogP contribution is 2.20. The number of nitrogens with two attached hydrogens (primary N) is 1. The summed E-state index contributed by atoms with van der Waals surface area (Å²) in [7, 11) is -1.35. The summed E-state index contributed by atoms with van der Waals surface area (Å²) >= 11 is 5.97. The molecule has 0 saturated heterocycles. The number of hydrogen-bond donors (Lipinski definition) is 2. The Morgan fingerprint density at radius 3 is 2.58 bits per heavy atom. The minimum absolute atomic E-state index is 0.145. The lowest BCUT2D eigenvalue weighted by Crippen LogP contribution is -2.17. The Balaban J connectivity index is 2.80. The summed E-state index contributed by atoms with van der Waals surface area (Å²) in [5.74, 6) is -1.43. The van der Waals surface area contributed by atoms with E-state index in [1.165, 1.54) is 12.1 Å². The number of aliphatic carboxylic acids is 1. The van der Waals surface area contributed by atoms with Crippen molar-refractivity contribution in [2.24, 2.45) is 5.73 Å². The van der Waals surface area contributed by atoms with Crippen LogP contribution in [0.15, 0.2) is 18.2 Å². The maximum atomic E-state index is 11.9. The molecule has 0 aromatic heterocycles. The molecule has 0 radical (unpaired) electrons. The topological polar surface area (TPSA) is 97.5 Å². The molecule has 7 heteroatoms. The normalized spacial score (nSPS) is 13.8. The summed E-state index contributed by atoms with van der Waals surface area (Å²) in [6.07, 6.45) is -0.163. The molecule has 5 nitrogen and oxygen atoms in total. The van der Waals surface area contributed by atoms with Crippen LogP contribution in [0, 0.1) is 0 Å². The molecule has 2 unspecified atom stereocenters. The van der Waals surface area contributed by atoms with Crippen LogP contribution in [0.2, 0.25) is 5.02 Å². The van der Waals surface area contributed by atoms with Gasteiger partial charge in [0.25, 0.3) is 0 Å². The minimum atomic E-state index is -1.35. The molecule has 0 aliphatic rings. The van der Waals surface area contributed by atoms with Gasteiger partial charge in [-0.2, -0.15) is 0 Å². The first-order valence-electron chi connectivity index (χ1n) is 5.48. The molecule has 0 bridgehead atoms. The summed E-state index contributed by atoms with van der Waals surface area (Å²) in [5, 5.41) is 8.47. The van der Waals surface area contributed by atoms with E-state index in [0.717, 1.165) is 0 Å². The lowest BCUT2D eigenvalue weighted by Gasteiger charge is -2.10. The van der Waals surface area contributed by atoms with Gasteiger partial charge in [-0.1, -0.05) is 24.6 Å². The van der Waals surface area contributed by atoms with E-state index in [-0.39, 0.29) is 17.7 Å². The van der Waals surface area contributed by atoms with Crippen molar-refractivity contribution in [3.63, 3.8) is 0 Å². The lowest BCUT2D eigenvalue weighted by atomic mass is 10.1. The average Bonchev–Trinajstić information content (AvgIpc) is 2.30. The highest BCUT2D eigenvalue weighted by atomic mass is 35.5. The first-order chi connectivity index (χ1) is 8.81. The average molecular weight is 304 g/mol. The number of benzene rings is 1. The van der Waals surface area contributed by atoms with Crippen molar-refractivity contribution in [3.05, 3.63) is 34.3 Å². The van der Waals surface area contributed by atoms with Crippen molar-refractivity contribution < 1.29 is 18.9 Å². The third-order valence-corrected chi connectivity index (χ3v) is 4.56. The highest BCUT2D eigenvalue weighted by molar-refractivity contribution is 7.84. The summed E-state index contributed by atoms with van der Waals surface area (Å²) < 4.78 is 11.9. The Labute approximate surface area is 118 Å². The van der Waals surface area contributed by atoms with E-state index >= 15 is 0 Å². The summed E-state index contributed by atoms with van der Waals surface area (Å²) in [5.41, 5.74) is 5.99. The zero-order valence-corrected chi connectivity index (χ0v) is 11.8. The fraction of sp³-hybridized carbons (Fsp3) is 0.333. The molecule has 3 N–H and O–H groups in total. The molecule has 1 aromatic rings. The fourth-order valence-electron chi connectivity index (χ4n) is 1.45. The van der Waals surface area contributed by atoms with E-state index in [2.05, 4.69) is 0 Å². The van der Waals surface area contributed by atoms with Gasteiger partial charge in [-0.15, -0.1) is 0 Å². The molecule has 1 aromatic carbocycles. The molecule has 1 rings (SSSR count). The van der Waals surface area contributed by atoms with Gasteiger partial charge in [0.05, 0.1) is 12.2 Å². The van der Waals surface area contributed by atoms with Crippen LogP contribution in [0.1, 0.15) is 29.3 Å². The zero-order valence-electron chi connectivity index (χ0n) is 10.3. The number of amides is 1. The molecule has 0 aliphatic heterocycles. The van der Waals surface area contributed by atoms with Crippen molar-refractivity contribution in [2.75, 3.05) is 0 Å². The summed E-state index contributed by atoms with van der Waals surface area (Å²) in [6.45, 7) is 1.61.